The molecule has 1 N–H and O–H groups in total. The van der Waals surface area contributed by atoms with Gasteiger partial charge in [-0.1, -0.05) is 32.0 Å². The van der Waals surface area contributed by atoms with Crippen molar-refractivity contribution in [2.24, 2.45) is 0 Å². The smallest absolute Gasteiger partial charge is 0.0317 e. The summed E-state index contributed by atoms with van der Waals surface area (Å²) in [5, 5.41) is 3.54. The third kappa shape index (κ3) is 2.23. The second-order valence-electron chi connectivity index (χ2n) is 4.40. The Bertz CT molecular complexity index is 330. The fourth-order valence-corrected chi connectivity index (χ4v) is 2.55. The summed E-state index contributed by atoms with van der Waals surface area (Å²) < 4.78 is 0. The van der Waals surface area contributed by atoms with E-state index in [1.807, 2.05) is 0 Å². The van der Waals surface area contributed by atoms with E-state index in [9.17, 15) is 0 Å². The number of aryl methyl sites for hydroxylation is 2. The Balaban J connectivity index is 2.20. The van der Waals surface area contributed by atoms with Crippen LogP contribution in [0, 0.1) is 0 Å². The zero-order valence-electron chi connectivity index (χ0n) is 9.84. The lowest BCUT2D eigenvalue weighted by Crippen LogP contribution is -2.20. The van der Waals surface area contributed by atoms with Crippen LogP contribution in [0.15, 0.2) is 18.2 Å². The minimum atomic E-state index is 0.542. The van der Waals surface area contributed by atoms with E-state index in [2.05, 4.69) is 37.4 Å². The van der Waals surface area contributed by atoms with Crippen LogP contribution in [-0.4, -0.2) is 6.54 Å². The van der Waals surface area contributed by atoms with E-state index >= 15 is 0 Å². The standard InChI is InChI=1S/C14H21N/c1-3-14(15-4-2)13-9-8-11-6-5-7-12(11)10-13/h8-10,14-15H,3-7H2,1-2H3. The average molecular weight is 203 g/mol. The van der Waals surface area contributed by atoms with Crippen LogP contribution in [0.1, 0.15) is 49.4 Å². The maximum Gasteiger partial charge on any atom is 0.0317 e. The molecule has 1 aromatic carbocycles. The quantitative estimate of drug-likeness (QED) is 0.792. The Morgan fingerprint density at radius 3 is 2.73 bits per heavy atom. The largest absolute Gasteiger partial charge is 0.310 e. The minimum Gasteiger partial charge on any atom is -0.310 e. The number of nitrogens with one attached hydrogen (secondary N) is 1. The molecule has 1 unspecified atom stereocenters. The summed E-state index contributed by atoms with van der Waals surface area (Å²) in [5.41, 5.74) is 4.63. The van der Waals surface area contributed by atoms with Gasteiger partial charge in [-0.25, -0.2) is 0 Å². The third-order valence-corrected chi connectivity index (χ3v) is 3.38. The van der Waals surface area contributed by atoms with Crippen LogP contribution >= 0.6 is 0 Å². The third-order valence-electron chi connectivity index (χ3n) is 3.38. The van der Waals surface area contributed by atoms with Gasteiger partial charge in [0.25, 0.3) is 0 Å². The van der Waals surface area contributed by atoms with Gasteiger partial charge in [0, 0.05) is 6.04 Å². The van der Waals surface area contributed by atoms with Crippen LogP contribution in [0.2, 0.25) is 0 Å². The fourth-order valence-electron chi connectivity index (χ4n) is 2.55. The summed E-state index contributed by atoms with van der Waals surface area (Å²) in [6.07, 6.45) is 5.09. The molecule has 1 aromatic rings. The lowest BCUT2D eigenvalue weighted by Gasteiger charge is -2.17. The number of rotatable bonds is 4. The van der Waals surface area contributed by atoms with E-state index in [0.29, 0.717) is 6.04 Å². The molecule has 82 valence electrons. The Morgan fingerprint density at radius 1 is 1.20 bits per heavy atom. The van der Waals surface area contributed by atoms with Gasteiger partial charge in [-0.3, -0.25) is 0 Å². The average Bonchev–Trinajstić information content (AvgIpc) is 2.72. The Morgan fingerprint density at radius 2 is 2.00 bits per heavy atom. The van der Waals surface area contributed by atoms with E-state index in [-0.39, 0.29) is 0 Å². The monoisotopic (exact) mass is 203 g/mol. The second-order valence-corrected chi connectivity index (χ2v) is 4.40. The molecule has 2 rings (SSSR count). The maximum absolute atomic E-state index is 3.54. The van der Waals surface area contributed by atoms with Crippen LogP contribution in [0.3, 0.4) is 0 Å². The van der Waals surface area contributed by atoms with Gasteiger partial charge < -0.3 is 5.32 Å². The molecule has 0 bridgehead atoms. The molecular weight excluding hydrogens is 182 g/mol. The molecule has 0 saturated heterocycles. The van der Waals surface area contributed by atoms with Crippen LogP contribution in [-0.2, 0) is 12.8 Å². The summed E-state index contributed by atoms with van der Waals surface area (Å²) >= 11 is 0. The Kier molecular flexibility index (Phi) is 3.42. The van der Waals surface area contributed by atoms with Gasteiger partial charge in [-0.15, -0.1) is 0 Å². The highest BCUT2D eigenvalue weighted by molar-refractivity contribution is 5.36. The van der Waals surface area contributed by atoms with Gasteiger partial charge >= 0.3 is 0 Å². The first-order valence-electron chi connectivity index (χ1n) is 6.20. The molecule has 1 nitrogen and oxygen atoms in total. The predicted octanol–water partition coefficient (Wildman–Crippen LogP) is 3.24. The Hall–Kier alpha value is -0.820. The molecule has 1 heteroatoms. The van der Waals surface area contributed by atoms with Crippen LogP contribution in [0.25, 0.3) is 0 Å². The normalized spacial score (nSPS) is 16.4. The lowest BCUT2D eigenvalue weighted by molar-refractivity contribution is 0.537. The van der Waals surface area contributed by atoms with Crippen molar-refractivity contribution in [1.29, 1.82) is 0 Å². The first kappa shape index (κ1) is 10.7. The molecule has 1 aliphatic rings. The molecule has 0 saturated carbocycles. The second kappa shape index (κ2) is 4.80. The van der Waals surface area contributed by atoms with Gasteiger partial charge in [0.05, 0.1) is 0 Å². The van der Waals surface area contributed by atoms with Gasteiger partial charge in [-0.05, 0) is 48.9 Å². The summed E-state index contributed by atoms with van der Waals surface area (Å²) in [6, 6.07) is 7.60. The van der Waals surface area contributed by atoms with Crippen LogP contribution < -0.4 is 5.32 Å². The topological polar surface area (TPSA) is 12.0 Å². The van der Waals surface area contributed by atoms with Crippen molar-refractivity contribution in [3.63, 3.8) is 0 Å². The SMILES string of the molecule is CCNC(CC)c1ccc2c(c1)CCC2. The zero-order valence-corrected chi connectivity index (χ0v) is 9.84. The first-order chi connectivity index (χ1) is 7.35. The molecule has 0 amide bonds. The molecule has 1 atom stereocenters. The molecule has 0 radical (unpaired) electrons. The molecule has 0 aliphatic heterocycles. The minimum absolute atomic E-state index is 0.542. The van der Waals surface area contributed by atoms with Crippen molar-refractivity contribution < 1.29 is 0 Å². The van der Waals surface area contributed by atoms with E-state index in [1.54, 1.807) is 11.1 Å². The van der Waals surface area contributed by atoms with Gasteiger partial charge in [-0.2, -0.15) is 0 Å². The number of hydrogen-bond acceptors (Lipinski definition) is 1. The molecule has 0 heterocycles. The van der Waals surface area contributed by atoms with Crippen LogP contribution in [0.5, 0.6) is 0 Å². The highest BCUT2D eigenvalue weighted by Gasteiger charge is 2.14. The maximum atomic E-state index is 3.54. The van der Waals surface area contributed by atoms with Crippen molar-refractivity contribution >= 4 is 0 Å². The summed E-state index contributed by atoms with van der Waals surface area (Å²) in [4.78, 5) is 0. The Labute approximate surface area is 92.9 Å². The van der Waals surface area contributed by atoms with Crippen molar-refractivity contribution in [3.8, 4) is 0 Å². The first-order valence-corrected chi connectivity index (χ1v) is 6.20. The van der Waals surface area contributed by atoms with Crippen molar-refractivity contribution in [3.05, 3.63) is 34.9 Å². The van der Waals surface area contributed by atoms with Gasteiger partial charge in [0.15, 0.2) is 0 Å². The summed E-state index contributed by atoms with van der Waals surface area (Å²) in [7, 11) is 0. The fraction of sp³-hybridized carbons (Fsp3) is 0.571. The number of benzene rings is 1. The van der Waals surface area contributed by atoms with E-state index in [0.717, 1.165) is 6.54 Å². The van der Waals surface area contributed by atoms with E-state index < -0.39 is 0 Å². The molecule has 1 aliphatic carbocycles. The summed E-state index contributed by atoms with van der Waals surface area (Å²) in [5.74, 6) is 0. The highest BCUT2D eigenvalue weighted by atomic mass is 14.9. The van der Waals surface area contributed by atoms with Crippen molar-refractivity contribution in [1.82, 2.24) is 5.32 Å². The highest BCUT2D eigenvalue weighted by Crippen LogP contribution is 2.26. The molecule has 0 spiro atoms. The number of fused-ring (bicyclic) bond motifs is 1. The van der Waals surface area contributed by atoms with Crippen molar-refractivity contribution in [2.45, 2.75) is 45.6 Å². The van der Waals surface area contributed by atoms with Gasteiger partial charge in [0.2, 0.25) is 0 Å². The van der Waals surface area contributed by atoms with E-state index in [4.69, 9.17) is 0 Å². The lowest BCUT2D eigenvalue weighted by atomic mass is 9.99. The number of hydrogen-bond donors (Lipinski definition) is 1. The van der Waals surface area contributed by atoms with Crippen molar-refractivity contribution in [2.75, 3.05) is 6.54 Å². The molecule has 15 heavy (non-hydrogen) atoms. The predicted molar refractivity (Wildman–Crippen MR) is 65.2 cm³/mol. The zero-order chi connectivity index (χ0) is 10.7. The van der Waals surface area contributed by atoms with Gasteiger partial charge in [0.1, 0.15) is 0 Å². The molecule has 0 fully saturated rings. The van der Waals surface area contributed by atoms with Crippen LogP contribution in [0.4, 0.5) is 0 Å². The molecule has 0 aromatic heterocycles. The molecular formula is C14H21N. The van der Waals surface area contributed by atoms with E-state index in [1.165, 1.54) is 31.2 Å². The summed E-state index contributed by atoms with van der Waals surface area (Å²) in [6.45, 7) is 5.48.